The van der Waals surface area contributed by atoms with Crippen LogP contribution in [-0.4, -0.2) is 30.7 Å². The van der Waals surface area contributed by atoms with E-state index in [1.54, 1.807) is 19.1 Å². The highest BCUT2D eigenvalue weighted by molar-refractivity contribution is 5.50. The summed E-state index contributed by atoms with van der Waals surface area (Å²) >= 11 is 0. The van der Waals surface area contributed by atoms with Crippen molar-refractivity contribution in [3.8, 4) is 11.5 Å². The number of hydrogen-bond donors (Lipinski definition) is 1. The second-order valence-electron chi connectivity index (χ2n) is 5.16. The van der Waals surface area contributed by atoms with E-state index < -0.39 is 4.92 Å². The normalized spacial score (nSPS) is 21.8. The van der Waals surface area contributed by atoms with Crippen molar-refractivity contribution in [2.75, 3.05) is 13.7 Å². The molecule has 1 aliphatic rings. The molecule has 0 spiro atoms. The Kier molecular flexibility index (Phi) is 5.38. The van der Waals surface area contributed by atoms with Crippen molar-refractivity contribution in [3.63, 3.8) is 0 Å². The summed E-state index contributed by atoms with van der Waals surface area (Å²) in [6, 6.07) is 5.02. The molecule has 2 rings (SSSR count). The highest BCUT2D eigenvalue weighted by Crippen LogP contribution is 2.33. The van der Waals surface area contributed by atoms with Crippen LogP contribution in [0.2, 0.25) is 0 Å². The zero-order valence-corrected chi connectivity index (χ0v) is 12.5. The number of nitro benzene ring substituents is 1. The van der Waals surface area contributed by atoms with Gasteiger partial charge in [0.05, 0.1) is 11.5 Å². The fourth-order valence-electron chi connectivity index (χ4n) is 2.73. The predicted molar refractivity (Wildman–Crippen MR) is 80.0 cm³/mol. The minimum Gasteiger partial charge on any atom is -0.489 e. The van der Waals surface area contributed by atoms with Crippen LogP contribution >= 0.6 is 0 Å². The van der Waals surface area contributed by atoms with Crippen LogP contribution in [0.25, 0.3) is 0 Å². The first-order chi connectivity index (χ1) is 10.2. The Labute approximate surface area is 124 Å². The van der Waals surface area contributed by atoms with Gasteiger partial charge in [-0.15, -0.1) is 0 Å². The minimum atomic E-state index is -0.439. The zero-order chi connectivity index (χ0) is 15.2. The summed E-state index contributed by atoms with van der Waals surface area (Å²) in [6.07, 6.45) is 4.53. The highest BCUT2D eigenvalue weighted by atomic mass is 16.6. The molecule has 0 radical (unpaired) electrons. The van der Waals surface area contributed by atoms with Gasteiger partial charge in [-0.1, -0.05) is 6.42 Å². The minimum absolute atomic E-state index is 0.0296. The Bertz CT molecular complexity index is 493. The van der Waals surface area contributed by atoms with Crippen molar-refractivity contribution in [3.05, 3.63) is 28.3 Å². The maximum Gasteiger partial charge on any atom is 0.311 e. The average molecular weight is 294 g/mol. The third kappa shape index (κ3) is 3.85. The average Bonchev–Trinajstić information content (AvgIpc) is 2.48. The summed E-state index contributed by atoms with van der Waals surface area (Å²) in [6.45, 7) is 2.18. The second-order valence-corrected chi connectivity index (χ2v) is 5.16. The molecule has 1 aliphatic carbocycles. The molecule has 6 heteroatoms. The molecule has 0 saturated heterocycles. The molecule has 6 nitrogen and oxygen atoms in total. The molecule has 0 bridgehead atoms. The van der Waals surface area contributed by atoms with E-state index in [4.69, 9.17) is 9.47 Å². The molecule has 1 fully saturated rings. The fourth-order valence-corrected chi connectivity index (χ4v) is 2.73. The van der Waals surface area contributed by atoms with E-state index in [1.165, 1.54) is 12.5 Å². The van der Waals surface area contributed by atoms with Crippen molar-refractivity contribution < 1.29 is 14.4 Å². The Morgan fingerprint density at radius 3 is 2.81 bits per heavy atom. The van der Waals surface area contributed by atoms with Crippen LogP contribution in [0.1, 0.15) is 32.6 Å². The number of ether oxygens (including phenoxy) is 2. The number of nitrogens with zero attached hydrogens (tertiary/aromatic N) is 1. The van der Waals surface area contributed by atoms with E-state index in [1.807, 2.05) is 7.05 Å². The number of nitrogens with one attached hydrogen (secondary N) is 1. The largest absolute Gasteiger partial charge is 0.489 e. The lowest BCUT2D eigenvalue weighted by molar-refractivity contribution is -0.385. The van der Waals surface area contributed by atoms with Crippen LogP contribution in [-0.2, 0) is 0 Å². The van der Waals surface area contributed by atoms with Gasteiger partial charge in [0.25, 0.3) is 0 Å². The SMILES string of the molecule is CCOc1cc(OC2CCCCC2NC)ccc1[N+](=O)[O-]. The summed E-state index contributed by atoms with van der Waals surface area (Å²) in [4.78, 5) is 10.5. The van der Waals surface area contributed by atoms with Gasteiger partial charge < -0.3 is 14.8 Å². The number of benzene rings is 1. The van der Waals surface area contributed by atoms with Crippen molar-refractivity contribution in [1.82, 2.24) is 5.32 Å². The third-order valence-electron chi connectivity index (χ3n) is 3.79. The van der Waals surface area contributed by atoms with Crippen molar-refractivity contribution in [1.29, 1.82) is 0 Å². The lowest BCUT2D eigenvalue weighted by Crippen LogP contribution is -2.43. The van der Waals surface area contributed by atoms with Crippen molar-refractivity contribution >= 4 is 5.69 Å². The monoisotopic (exact) mass is 294 g/mol. The van der Waals surface area contributed by atoms with Gasteiger partial charge in [0.2, 0.25) is 5.75 Å². The molecule has 0 aromatic heterocycles. The van der Waals surface area contributed by atoms with E-state index in [0.29, 0.717) is 18.4 Å². The number of hydrogen-bond acceptors (Lipinski definition) is 5. The molecule has 2 atom stereocenters. The van der Waals surface area contributed by atoms with E-state index in [0.717, 1.165) is 19.3 Å². The highest BCUT2D eigenvalue weighted by Gasteiger charge is 2.26. The second kappa shape index (κ2) is 7.26. The van der Waals surface area contributed by atoms with Crippen LogP contribution < -0.4 is 14.8 Å². The van der Waals surface area contributed by atoms with Crippen molar-refractivity contribution in [2.45, 2.75) is 44.8 Å². The van der Waals surface area contributed by atoms with E-state index in [-0.39, 0.29) is 17.5 Å². The van der Waals surface area contributed by atoms with Gasteiger partial charge >= 0.3 is 5.69 Å². The first-order valence-corrected chi connectivity index (χ1v) is 7.41. The van der Waals surface area contributed by atoms with Gasteiger partial charge in [0.15, 0.2) is 0 Å². The predicted octanol–water partition coefficient (Wildman–Crippen LogP) is 2.90. The molecule has 116 valence electrons. The molecular formula is C15H22N2O4. The summed E-state index contributed by atoms with van der Waals surface area (Å²) in [5.74, 6) is 0.882. The third-order valence-corrected chi connectivity index (χ3v) is 3.79. The Balaban J connectivity index is 2.16. The van der Waals surface area contributed by atoms with E-state index >= 15 is 0 Å². The molecule has 21 heavy (non-hydrogen) atoms. The molecule has 1 saturated carbocycles. The van der Waals surface area contributed by atoms with Gasteiger partial charge in [-0.05, 0) is 39.3 Å². The maximum atomic E-state index is 11.0. The Hall–Kier alpha value is -1.82. The van der Waals surface area contributed by atoms with Gasteiger partial charge in [0.1, 0.15) is 11.9 Å². The lowest BCUT2D eigenvalue weighted by Gasteiger charge is -2.31. The maximum absolute atomic E-state index is 11.0. The molecule has 2 unspecified atom stereocenters. The summed E-state index contributed by atoms with van der Waals surface area (Å²) < 4.78 is 11.4. The first kappa shape index (κ1) is 15.6. The van der Waals surface area contributed by atoms with E-state index in [2.05, 4.69) is 5.32 Å². The lowest BCUT2D eigenvalue weighted by atomic mass is 9.92. The first-order valence-electron chi connectivity index (χ1n) is 7.41. The van der Waals surface area contributed by atoms with Crippen LogP contribution in [0, 0.1) is 10.1 Å². The van der Waals surface area contributed by atoms with Crippen LogP contribution in [0.3, 0.4) is 0 Å². The quantitative estimate of drug-likeness (QED) is 0.645. The topological polar surface area (TPSA) is 73.6 Å². The molecule has 0 aliphatic heterocycles. The van der Waals surface area contributed by atoms with E-state index in [9.17, 15) is 10.1 Å². The Morgan fingerprint density at radius 2 is 2.14 bits per heavy atom. The molecule has 0 heterocycles. The number of likely N-dealkylation sites (N-methyl/N-ethyl adjacent to an activating group) is 1. The molecule has 1 aromatic carbocycles. The van der Waals surface area contributed by atoms with Gasteiger partial charge in [-0.3, -0.25) is 10.1 Å². The Morgan fingerprint density at radius 1 is 1.38 bits per heavy atom. The van der Waals surface area contributed by atoms with Gasteiger partial charge in [0, 0.05) is 18.2 Å². The molecule has 1 N–H and O–H groups in total. The number of nitro groups is 1. The van der Waals surface area contributed by atoms with Gasteiger partial charge in [-0.25, -0.2) is 0 Å². The molecule has 1 aromatic rings. The summed E-state index contributed by atoms with van der Waals surface area (Å²) in [7, 11) is 1.94. The number of rotatable bonds is 6. The fraction of sp³-hybridized carbons (Fsp3) is 0.600. The van der Waals surface area contributed by atoms with Crippen molar-refractivity contribution in [2.24, 2.45) is 0 Å². The molecular weight excluding hydrogens is 272 g/mol. The van der Waals surface area contributed by atoms with Crippen LogP contribution in [0.5, 0.6) is 11.5 Å². The smallest absolute Gasteiger partial charge is 0.311 e. The van der Waals surface area contributed by atoms with Crippen LogP contribution in [0.15, 0.2) is 18.2 Å². The van der Waals surface area contributed by atoms with Crippen LogP contribution in [0.4, 0.5) is 5.69 Å². The zero-order valence-electron chi connectivity index (χ0n) is 12.5. The summed E-state index contributed by atoms with van der Waals surface area (Å²) in [5.41, 5.74) is -0.0296. The summed E-state index contributed by atoms with van der Waals surface area (Å²) in [5, 5.41) is 14.3. The standard InChI is InChI=1S/C15H22N2O4/c1-3-20-15-10-11(8-9-13(15)17(18)19)21-14-7-5-4-6-12(14)16-2/h8-10,12,14,16H,3-7H2,1-2H3. The molecule has 0 amide bonds. The van der Waals surface area contributed by atoms with Gasteiger partial charge in [-0.2, -0.15) is 0 Å².